The summed E-state index contributed by atoms with van der Waals surface area (Å²) >= 11 is 0. The molecule has 2 saturated carbocycles. The minimum absolute atomic E-state index is 0.0590. The van der Waals surface area contributed by atoms with Crippen LogP contribution in [0, 0.1) is 45.3 Å². The number of aliphatic carboxylic acids is 1. The molecule has 4 aliphatic carbocycles. The zero-order valence-corrected chi connectivity index (χ0v) is 39.0. The van der Waals surface area contributed by atoms with E-state index in [1.54, 1.807) is 0 Å². The molecule has 0 aromatic rings. The Balaban J connectivity index is 1.26. The first-order chi connectivity index (χ1) is 29.3. The molecule has 0 bridgehead atoms. The van der Waals surface area contributed by atoms with Gasteiger partial charge in [0.1, 0.15) is 54.4 Å². The Morgan fingerprint density at radius 3 is 2.00 bits per heavy atom. The Labute approximate surface area is 372 Å². The van der Waals surface area contributed by atoms with Crippen molar-refractivity contribution in [3.63, 3.8) is 0 Å². The topological polar surface area (TPSA) is 251 Å². The standard InChI is InChI=1S/C47H77NO15/c1-23(2)46(10,63-26(5)52)19-13-24(3)27-15-20-47(42(57)58)29-11-12-32-43(6,7)33(16-17-44(32,8)28(29)14-18-45(27,47)9)61-41-39(38(56)36(54)31(22-50)60-41)62-40-34(48-25(4)51)37(55)35(53)30(21-49)59-40/h23-24,27,30-41,49-50,53-56H,11-22H2,1-10H3,(H,48,51)(H,57,58)/t24-,27?,30-,31-,32+,33+,34-,35-,36+,37-,38+,39-,40+,41+,44-,45-,46?,47+/m1/s1. The third-order valence-corrected chi connectivity index (χ3v) is 17.6. The maximum absolute atomic E-state index is 13.9. The molecule has 2 aliphatic heterocycles. The van der Waals surface area contributed by atoms with Crippen LogP contribution in [0.2, 0.25) is 0 Å². The van der Waals surface area contributed by atoms with Gasteiger partial charge in [-0.2, -0.15) is 0 Å². The zero-order valence-electron chi connectivity index (χ0n) is 39.0. The summed E-state index contributed by atoms with van der Waals surface area (Å²) < 4.78 is 30.8. The first-order valence-electron chi connectivity index (χ1n) is 23.3. The molecule has 16 nitrogen and oxygen atoms in total. The molecule has 2 heterocycles. The van der Waals surface area contributed by atoms with Crippen molar-refractivity contribution < 1.29 is 73.8 Å². The molecular formula is C47H77NO15. The quantitative estimate of drug-likeness (QED) is 0.0920. The number of carbonyl (C=O) groups excluding carboxylic acids is 2. The monoisotopic (exact) mass is 896 g/mol. The largest absolute Gasteiger partial charge is 0.481 e. The molecule has 8 N–H and O–H groups in total. The van der Waals surface area contributed by atoms with E-state index in [-0.39, 0.29) is 35.1 Å². The van der Waals surface area contributed by atoms with Crippen LogP contribution in [0.5, 0.6) is 0 Å². The number of carboxylic acid groups (broad SMARTS) is 1. The Bertz CT molecular complexity index is 1720. The first kappa shape index (κ1) is 50.2. The minimum atomic E-state index is -1.69. The Kier molecular flexibility index (Phi) is 14.7. The summed E-state index contributed by atoms with van der Waals surface area (Å²) in [4.78, 5) is 38.2. The number of amides is 1. The number of allylic oxidation sites excluding steroid dienone is 1. The minimum Gasteiger partial charge on any atom is -0.481 e. The molecule has 16 heteroatoms. The van der Waals surface area contributed by atoms with Crippen molar-refractivity contribution in [2.75, 3.05) is 13.2 Å². The van der Waals surface area contributed by atoms with Gasteiger partial charge >= 0.3 is 11.9 Å². The number of carbonyl (C=O) groups is 3. The molecule has 4 fully saturated rings. The van der Waals surface area contributed by atoms with Crippen molar-refractivity contribution in [3.05, 3.63) is 11.1 Å². The normalized spacial score (nSPS) is 43.9. The zero-order chi connectivity index (χ0) is 46.8. The molecule has 6 aliphatic rings. The van der Waals surface area contributed by atoms with Crippen LogP contribution in [0.4, 0.5) is 0 Å². The van der Waals surface area contributed by atoms with Crippen molar-refractivity contribution in [3.8, 4) is 0 Å². The van der Waals surface area contributed by atoms with E-state index >= 15 is 0 Å². The lowest BCUT2D eigenvalue weighted by Gasteiger charge is -2.62. The third-order valence-electron chi connectivity index (χ3n) is 17.6. The molecule has 63 heavy (non-hydrogen) atoms. The highest BCUT2D eigenvalue weighted by atomic mass is 16.8. The smallest absolute Gasteiger partial charge is 0.314 e. The molecule has 2 unspecified atom stereocenters. The van der Waals surface area contributed by atoms with Gasteiger partial charge in [-0.1, -0.05) is 59.6 Å². The second-order valence-corrected chi connectivity index (χ2v) is 21.5. The van der Waals surface area contributed by atoms with E-state index in [0.29, 0.717) is 32.1 Å². The van der Waals surface area contributed by atoms with Gasteiger partial charge in [0, 0.05) is 13.8 Å². The van der Waals surface area contributed by atoms with E-state index in [1.165, 1.54) is 19.4 Å². The summed E-state index contributed by atoms with van der Waals surface area (Å²) in [6.07, 6.45) is -6.86. The van der Waals surface area contributed by atoms with E-state index in [0.717, 1.165) is 37.7 Å². The number of carboxylic acids is 1. The van der Waals surface area contributed by atoms with Gasteiger partial charge in [-0.05, 0) is 111 Å². The number of hydrogen-bond donors (Lipinski definition) is 8. The van der Waals surface area contributed by atoms with Gasteiger partial charge in [-0.25, -0.2) is 0 Å². The van der Waals surface area contributed by atoms with Gasteiger partial charge in [0.05, 0.1) is 24.7 Å². The number of aliphatic hydroxyl groups is 6. The van der Waals surface area contributed by atoms with Gasteiger partial charge in [-0.3, -0.25) is 14.4 Å². The predicted octanol–water partition coefficient (Wildman–Crippen LogP) is 3.35. The first-order valence-corrected chi connectivity index (χ1v) is 23.3. The summed E-state index contributed by atoms with van der Waals surface area (Å²) in [6, 6.07) is -1.34. The second-order valence-electron chi connectivity index (χ2n) is 21.5. The van der Waals surface area contributed by atoms with E-state index in [1.807, 2.05) is 6.92 Å². The molecule has 2 saturated heterocycles. The second kappa shape index (κ2) is 18.4. The number of hydrogen-bond acceptors (Lipinski definition) is 14. The van der Waals surface area contributed by atoms with Gasteiger partial charge in [0.15, 0.2) is 12.6 Å². The number of nitrogens with one attached hydrogen (secondary N) is 1. The molecule has 0 aromatic heterocycles. The van der Waals surface area contributed by atoms with Gasteiger partial charge < -0.3 is 64.7 Å². The maximum Gasteiger partial charge on any atom is 0.314 e. The third kappa shape index (κ3) is 8.54. The van der Waals surface area contributed by atoms with Crippen LogP contribution in [0.25, 0.3) is 0 Å². The van der Waals surface area contributed by atoms with Crippen LogP contribution >= 0.6 is 0 Å². The van der Waals surface area contributed by atoms with Crippen LogP contribution < -0.4 is 5.32 Å². The highest BCUT2D eigenvalue weighted by molar-refractivity contribution is 5.82. The van der Waals surface area contributed by atoms with Crippen LogP contribution in [-0.4, -0.2) is 140 Å². The number of aliphatic hydroxyl groups excluding tert-OH is 6. The number of ether oxygens (including phenoxy) is 5. The van der Waals surface area contributed by atoms with Crippen molar-refractivity contribution in [1.29, 1.82) is 0 Å². The predicted molar refractivity (Wildman–Crippen MR) is 227 cm³/mol. The summed E-state index contributed by atoms with van der Waals surface area (Å²) in [5.41, 5.74) is -0.572. The van der Waals surface area contributed by atoms with Crippen molar-refractivity contribution in [2.45, 2.75) is 207 Å². The highest BCUT2D eigenvalue weighted by Crippen LogP contribution is 2.73. The maximum atomic E-state index is 13.9. The Morgan fingerprint density at radius 1 is 0.810 bits per heavy atom. The fraction of sp³-hybridized carbons (Fsp3) is 0.894. The van der Waals surface area contributed by atoms with Crippen molar-refractivity contribution in [2.24, 2.45) is 45.3 Å². The van der Waals surface area contributed by atoms with Gasteiger partial charge in [0.25, 0.3) is 0 Å². The molecule has 0 spiro atoms. The number of rotatable bonds is 14. The molecule has 0 radical (unpaired) electrons. The van der Waals surface area contributed by atoms with E-state index < -0.39 is 114 Å². The number of fused-ring (bicyclic) bond motifs is 4. The SMILES string of the molecule is CC(=O)N[C@H]1[C@H](O[C@H]2[C@H](O[C@H]3CC[C@]4(C)C5=C(CC[C@H]4C3(C)C)[C@]3(C(=O)O)CCC([C@H](C)CCC(C)(OC(C)=O)C(C)C)[C@@]3(C)CC5)O[C@H](CO)[C@H](O)[C@@H]2O)O[C@H](CO)[C@@H](O)[C@@H]1O. The molecular weight excluding hydrogens is 819 g/mol. The average molecular weight is 896 g/mol. The van der Waals surface area contributed by atoms with Crippen molar-refractivity contribution >= 4 is 17.8 Å². The van der Waals surface area contributed by atoms with Crippen LogP contribution in [0.15, 0.2) is 11.1 Å². The lowest BCUT2D eigenvalue weighted by Crippen LogP contribution is -2.68. The lowest BCUT2D eigenvalue weighted by molar-refractivity contribution is -0.367. The van der Waals surface area contributed by atoms with Crippen LogP contribution in [0.3, 0.4) is 0 Å². The molecule has 18 atom stereocenters. The molecule has 360 valence electrons. The fourth-order valence-corrected chi connectivity index (χ4v) is 13.7. The van der Waals surface area contributed by atoms with Crippen LogP contribution in [-0.2, 0) is 38.1 Å². The average Bonchev–Trinajstić information content (AvgIpc) is 3.54. The molecule has 6 rings (SSSR count). The summed E-state index contributed by atoms with van der Waals surface area (Å²) in [5.74, 6) is -1.02. The van der Waals surface area contributed by atoms with E-state index in [4.69, 9.17) is 23.7 Å². The van der Waals surface area contributed by atoms with Gasteiger partial charge in [0.2, 0.25) is 5.91 Å². The van der Waals surface area contributed by atoms with E-state index in [2.05, 4.69) is 53.8 Å². The van der Waals surface area contributed by atoms with E-state index in [9.17, 15) is 50.1 Å². The number of esters is 1. The van der Waals surface area contributed by atoms with Crippen LogP contribution in [0.1, 0.15) is 133 Å². The molecule has 0 aromatic carbocycles. The highest BCUT2D eigenvalue weighted by Gasteiger charge is 2.69. The van der Waals surface area contributed by atoms with Gasteiger partial charge in [-0.15, -0.1) is 0 Å². The molecule has 1 amide bonds. The Morgan fingerprint density at radius 2 is 1.43 bits per heavy atom. The van der Waals surface area contributed by atoms with Crippen molar-refractivity contribution in [1.82, 2.24) is 5.32 Å². The summed E-state index contributed by atoms with van der Waals surface area (Å²) in [5, 5.41) is 78.0. The summed E-state index contributed by atoms with van der Waals surface area (Å²) in [6.45, 7) is 18.5. The Hall–Kier alpha value is -2.25. The lowest BCUT2D eigenvalue weighted by atomic mass is 9.43. The fourth-order valence-electron chi connectivity index (χ4n) is 13.7. The summed E-state index contributed by atoms with van der Waals surface area (Å²) in [7, 11) is 0.